The fraction of sp³-hybridized carbons (Fsp3) is 0.333. The zero-order valence-electron chi connectivity index (χ0n) is 15.4. The van der Waals surface area contributed by atoms with Gasteiger partial charge in [-0.2, -0.15) is 0 Å². The SMILES string of the molecule is C[C@@H](Oc1ccc(F)cc1)C(=O)N1CCC(c2nc3cc(Cl)ccc3s2)CC1. The Balaban J connectivity index is 1.36. The number of carbonyl (C=O) groups is 1. The third-order valence-electron chi connectivity index (χ3n) is 5.00. The van der Waals surface area contributed by atoms with Gasteiger partial charge in [-0.3, -0.25) is 4.79 Å². The monoisotopic (exact) mass is 418 g/mol. The van der Waals surface area contributed by atoms with Gasteiger partial charge in [-0.1, -0.05) is 11.6 Å². The van der Waals surface area contributed by atoms with Crippen LogP contribution in [0.1, 0.15) is 30.7 Å². The Labute approximate surface area is 171 Å². The standard InChI is InChI=1S/C21H20ClFN2O2S/c1-13(27-17-5-3-16(23)4-6-17)21(26)25-10-8-14(9-11-25)20-24-18-12-15(22)2-7-19(18)28-20/h2-7,12-14H,8-11H2,1H3/t13-/m1/s1. The molecule has 28 heavy (non-hydrogen) atoms. The minimum absolute atomic E-state index is 0.0427. The highest BCUT2D eigenvalue weighted by Crippen LogP contribution is 2.34. The van der Waals surface area contributed by atoms with Gasteiger partial charge in [-0.25, -0.2) is 9.37 Å². The molecule has 0 aliphatic carbocycles. The maximum Gasteiger partial charge on any atom is 0.263 e. The van der Waals surface area contributed by atoms with Gasteiger partial charge in [0.05, 0.1) is 15.2 Å². The van der Waals surface area contributed by atoms with Crippen LogP contribution in [0, 0.1) is 5.82 Å². The molecule has 0 unspecified atom stereocenters. The highest BCUT2D eigenvalue weighted by molar-refractivity contribution is 7.18. The molecule has 0 radical (unpaired) electrons. The van der Waals surface area contributed by atoms with Crippen LogP contribution in [0.3, 0.4) is 0 Å². The lowest BCUT2D eigenvalue weighted by Gasteiger charge is -2.32. The lowest BCUT2D eigenvalue weighted by Crippen LogP contribution is -2.44. The number of aromatic nitrogens is 1. The molecule has 0 bridgehead atoms. The number of hydrogen-bond donors (Lipinski definition) is 0. The molecule has 1 atom stereocenters. The summed E-state index contributed by atoms with van der Waals surface area (Å²) in [5.74, 6) is 0.475. The van der Waals surface area contributed by atoms with E-state index in [1.165, 1.54) is 24.3 Å². The summed E-state index contributed by atoms with van der Waals surface area (Å²) in [6.45, 7) is 3.09. The van der Waals surface area contributed by atoms with Crippen LogP contribution in [0.25, 0.3) is 10.2 Å². The van der Waals surface area contributed by atoms with E-state index >= 15 is 0 Å². The molecule has 7 heteroatoms. The number of piperidine rings is 1. The molecule has 1 aliphatic rings. The molecule has 146 valence electrons. The Morgan fingerprint density at radius 1 is 1.25 bits per heavy atom. The van der Waals surface area contributed by atoms with Crippen LogP contribution in [0.2, 0.25) is 5.02 Å². The number of nitrogens with zero attached hydrogens (tertiary/aromatic N) is 2. The third kappa shape index (κ3) is 4.13. The van der Waals surface area contributed by atoms with E-state index in [0.717, 1.165) is 28.1 Å². The van der Waals surface area contributed by atoms with Crippen molar-refractivity contribution < 1.29 is 13.9 Å². The minimum Gasteiger partial charge on any atom is -0.481 e. The fourth-order valence-corrected chi connectivity index (χ4v) is 4.75. The highest BCUT2D eigenvalue weighted by atomic mass is 35.5. The fourth-order valence-electron chi connectivity index (χ4n) is 3.46. The van der Waals surface area contributed by atoms with Crippen molar-refractivity contribution >= 4 is 39.1 Å². The van der Waals surface area contributed by atoms with Crippen LogP contribution in [0.15, 0.2) is 42.5 Å². The topological polar surface area (TPSA) is 42.4 Å². The van der Waals surface area contributed by atoms with Crippen LogP contribution in [0.4, 0.5) is 4.39 Å². The van der Waals surface area contributed by atoms with E-state index in [0.29, 0.717) is 29.8 Å². The van der Waals surface area contributed by atoms with Crippen LogP contribution in [-0.4, -0.2) is 35.0 Å². The summed E-state index contributed by atoms with van der Waals surface area (Å²) in [6.07, 6.45) is 1.15. The van der Waals surface area contributed by atoms with Crippen molar-refractivity contribution in [2.24, 2.45) is 0 Å². The maximum absolute atomic E-state index is 13.0. The number of halogens is 2. The van der Waals surface area contributed by atoms with E-state index in [2.05, 4.69) is 0 Å². The van der Waals surface area contributed by atoms with Crippen LogP contribution in [-0.2, 0) is 4.79 Å². The molecule has 1 fully saturated rings. The van der Waals surface area contributed by atoms with E-state index in [-0.39, 0.29) is 11.7 Å². The molecule has 0 N–H and O–H groups in total. The van der Waals surface area contributed by atoms with Gasteiger partial charge in [-0.15, -0.1) is 11.3 Å². The first-order valence-corrected chi connectivity index (χ1v) is 10.5. The van der Waals surface area contributed by atoms with Gasteiger partial charge in [0.25, 0.3) is 5.91 Å². The Hall–Kier alpha value is -2.18. The lowest BCUT2D eigenvalue weighted by atomic mass is 9.97. The largest absolute Gasteiger partial charge is 0.481 e. The number of fused-ring (bicyclic) bond motifs is 1. The molecule has 1 aromatic heterocycles. The average molecular weight is 419 g/mol. The zero-order chi connectivity index (χ0) is 19.7. The Morgan fingerprint density at radius 3 is 2.68 bits per heavy atom. The van der Waals surface area contributed by atoms with Gasteiger partial charge in [0.2, 0.25) is 0 Å². The average Bonchev–Trinajstić information content (AvgIpc) is 3.12. The molecule has 1 aliphatic heterocycles. The van der Waals surface area contributed by atoms with Gasteiger partial charge in [0.15, 0.2) is 6.10 Å². The van der Waals surface area contributed by atoms with E-state index in [1.807, 2.05) is 23.1 Å². The van der Waals surface area contributed by atoms with Crippen LogP contribution in [0.5, 0.6) is 5.75 Å². The summed E-state index contributed by atoms with van der Waals surface area (Å²) in [4.78, 5) is 19.3. The molecule has 4 nitrogen and oxygen atoms in total. The van der Waals surface area contributed by atoms with Crippen LogP contribution >= 0.6 is 22.9 Å². The first kappa shape index (κ1) is 19.2. The molecular weight excluding hydrogens is 399 g/mol. The van der Waals surface area contributed by atoms with Gasteiger partial charge in [-0.05, 0) is 62.2 Å². The third-order valence-corrected chi connectivity index (χ3v) is 6.43. The van der Waals surface area contributed by atoms with Crippen LogP contribution < -0.4 is 4.74 Å². The summed E-state index contributed by atoms with van der Waals surface area (Å²) < 4.78 is 19.8. The van der Waals surface area contributed by atoms with Crippen molar-refractivity contribution in [2.45, 2.75) is 31.8 Å². The van der Waals surface area contributed by atoms with E-state index < -0.39 is 6.10 Å². The molecular formula is C21H20ClFN2O2S. The van der Waals surface area contributed by atoms with Gasteiger partial charge in [0.1, 0.15) is 11.6 Å². The van der Waals surface area contributed by atoms with Crippen molar-refractivity contribution in [3.63, 3.8) is 0 Å². The zero-order valence-corrected chi connectivity index (χ0v) is 17.0. The van der Waals surface area contributed by atoms with Crippen molar-refractivity contribution in [2.75, 3.05) is 13.1 Å². The number of hydrogen-bond acceptors (Lipinski definition) is 4. The molecule has 1 amide bonds. The van der Waals surface area contributed by atoms with E-state index in [4.69, 9.17) is 21.3 Å². The number of benzene rings is 2. The predicted molar refractivity (Wildman–Crippen MR) is 110 cm³/mol. The number of likely N-dealkylation sites (tertiary alicyclic amines) is 1. The molecule has 2 aromatic carbocycles. The van der Waals surface area contributed by atoms with Crippen molar-refractivity contribution in [1.29, 1.82) is 0 Å². The maximum atomic E-state index is 13.0. The Bertz CT molecular complexity index is 984. The van der Waals surface area contributed by atoms with Crippen molar-refractivity contribution in [3.8, 4) is 5.75 Å². The number of carbonyl (C=O) groups excluding carboxylic acids is 1. The quantitative estimate of drug-likeness (QED) is 0.580. The number of thiazole rings is 1. The Kier molecular flexibility index (Phi) is 5.51. The predicted octanol–water partition coefficient (Wildman–Crippen LogP) is 5.26. The van der Waals surface area contributed by atoms with Crippen molar-refractivity contribution in [1.82, 2.24) is 9.88 Å². The first-order valence-electron chi connectivity index (χ1n) is 9.26. The number of rotatable bonds is 4. The summed E-state index contributed by atoms with van der Waals surface area (Å²) in [5.41, 5.74) is 0.937. The van der Waals surface area contributed by atoms with Crippen molar-refractivity contribution in [3.05, 3.63) is 58.3 Å². The second-order valence-corrected chi connectivity index (χ2v) is 8.48. The normalized spacial score (nSPS) is 16.3. The van der Waals surface area contributed by atoms with E-state index in [1.54, 1.807) is 18.3 Å². The second kappa shape index (κ2) is 8.05. The van der Waals surface area contributed by atoms with Gasteiger partial charge >= 0.3 is 0 Å². The molecule has 3 aromatic rings. The summed E-state index contributed by atoms with van der Waals surface area (Å²) in [6, 6.07) is 11.5. The minimum atomic E-state index is -0.605. The van der Waals surface area contributed by atoms with Gasteiger partial charge < -0.3 is 9.64 Å². The summed E-state index contributed by atoms with van der Waals surface area (Å²) in [5, 5.41) is 1.81. The molecule has 4 rings (SSSR count). The number of ether oxygens (including phenoxy) is 1. The molecule has 1 saturated heterocycles. The van der Waals surface area contributed by atoms with Gasteiger partial charge in [0, 0.05) is 24.0 Å². The summed E-state index contributed by atoms with van der Waals surface area (Å²) in [7, 11) is 0. The molecule has 2 heterocycles. The second-order valence-electron chi connectivity index (χ2n) is 6.98. The lowest BCUT2D eigenvalue weighted by molar-refractivity contribution is -0.139. The highest BCUT2D eigenvalue weighted by Gasteiger charge is 2.29. The first-order chi connectivity index (χ1) is 13.5. The summed E-state index contributed by atoms with van der Waals surface area (Å²) >= 11 is 7.76. The smallest absolute Gasteiger partial charge is 0.263 e. The molecule has 0 spiro atoms. The van der Waals surface area contributed by atoms with E-state index in [9.17, 15) is 9.18 Å². The number of amides is 1. The molecule has 0 saturated carbocycles. The Morgan fingerprint density at radius 2 is 1.96 bits per heavy atom.